The van der Waals surface area contributed by atoms with E-state index in [2.05, 4.69) is 20.8 Å². The number of rotatable bonds is 15. The van der Waals surface area contributed by atoms with Crippen molar-refractivity contribution in [3.05, 3.63) is 0 Å². The van der Waals surface area contributed by atoms with Crippen LogP contribution < -0.4 is 0 Å². The molecule has 0 atom stereocenters. The van der Waals surface area contributed by atoms with Crippen LogP contribution in [0.15, 0.2) is 0 Å². The summed E-state index contributed by atoms with van der Waals surface area (Å²) in [6, 6.07) is 0. The van der Waals surface area contributed by atoms with Crippen LogP contribution in [-0.2, 0) is 0 Å². The van der Waals surface area contributed by atoms with Gasteiger partial charge in [-0.1, -0.05) is 0 Å². The molecule has 0 aromatic carbocycles. The summed E-state index contributed by atoms with van der Waals surface area (Å²) < 4.78 is 0. The van der Waals surface area contributed by atoms with Crippen LogP contribution >= 0.6 is 7.26 Å². The minimum absolute atomic E-state index is 0.407. The summed E-state index contributed by atoms with van der Waals surface area (Å²) in [5.41, 5.74) is 0. The molecule has 1 N–H and O–H groups in total. The fraction of sp³-hybridized carbons (Fsp3) is 1.00. The topological polar surface area (TPSA) is 20.2 Å². The molecule has 0 aliphatic rings. The van der Waals surface area contributed by atoms with E-state index in [0.29, 0.717) is 6.61 Å². The standard InChI is InChI=1S/C18H41OP/c1-4-7-10-15-20(18-13-14-19,16-11-8-5-2)17-12-9-6-3/h19-20H,4-18H2,1-3H3. The molecule has 0 fully saturated rings. The van der Waals surface area contributed by atoms with E-state index in [1.807, 2.05) is 0 Å². The monoisotopic (exact) mass is 304 g/mol. The Balaban J connectivity index is 4.48. The molecule has 0 heterocycles. The van der Waals surface area contributed by atoms with Gasteiger partial charge in [0.1, 0.15) is 0 Å². The molecule has 0 saturated heterocycles. The van der Waals surface area contributed by atoms with Crippen LogP contribution in [-0.4, -0.2) is 36.4 Å². The zero-order valence-corrected chi connectivity index (χ0v) is 15.6. The molecule has 1 nitrogen and oxygen atoms in total. The molecule has 2 heteroatoms. The van der Waals surface area contributed by atoms with Crippen molar-refractivity contribution in [2.75, 3.05) is 31.3 Å². The van der Waals surface area contributed by atoms with Crippen LogP contribution in [0.4, 0.5) is 0 Å². The van der Waals surface area contributed by atoms with Gasteiger partial charge in [0, 0.05) is 0 Å². The Labute approximate surface area is 129 Å². The number of hydrogen-bond donors (Lipinski definition) is 1. The summed E-state index contributed by atoms with van der Waals surface area (Å²) in [6.07, 6.45) is 19.7. The predicted octanol–water partition coefficient (Wildman–Crippen LogP) is 5.69. The van der Waals surface area contributed by atoms with Crippen LogP contribution in [0.2, 0.25) is 0 Å². The van der Waals surface area contributed by atoms with E-state index >= 15 is 0 Å². The minimum atomic E-state index is -1.09. The first-order chi connectivity index (χ1) is 9.74. The summed E-state index contributed by atoms with van der Waals surface area (Å²) in [5.74, 6) is 0. The molecule has 0 bridgehead atoms. The van der Waals surface area contributed by atoms with Crippen molar-refractivity contribution in [1.29, 1.82) is 0 Å². The summed E-state index contributed by atoms with van der Waals surface area (Å²) in [6.45, 7) is 7.34. The summed E-state index contributed by atoms with van der Waals surface area (Å²) in [4.78, 5) is 0. The molecule has 0 aliphatic carbocycles. The molecule has 20 heavy (non-hydrogen) atoms. The first-order valence-corrected chi connectivity index (χ1v) is 12.2. The maximum atomic E-state index is 9.27. The summed E-state index contributed by atoms with van der Waals surface area (Å²) >= 11 is 0. The van der Waals surface area contributed by atoms with E-state index in [4.69, 9.17) is 0 Å². The number of aliphatic hydroxyl groups is 1. The molecule has 124 valence electrons. The molecular weight excluding hydrogens is 263 g/mol. The number of aliphatic hydroxyl groups excluding tert-OH is 1. The molecule has 0 aromatic heterocycles. The second kappa shape index (κ2) is 14.3. The van der Waals surface area contributed by atoms with Gasteiger partial charge in [-0.2, -0.15) is 0 Å². The quantitative estimate of drug-likeness (QED) is 0.304. The zero-order chi connectivity index (χ0) is 15.1. The van der Waals surface area contributed by atoms with Crippen molar-refractivity contribution in [2.45, 2.75) is 85.0 Å². The molecular formula is C18H41OP. The van der Waals surface area contributed by atoms with Gasteiger partial charge in [-0.05, 0) is 0 Å². The van der Waals surface area contributed by atoms with E-state index in [1.54, 1.807) is 0 Å². The average molecular weight is 304 g/mol. The zero-order valence-electron chi connectivity index (χ0n) is 14.6. The van der Waals surface area contributed by atoms with Gasteiger partial charge in [0.2, 0.25) is 0 Å². The van der Waals surface area contributed by atoms with Gasteiger partial charge in [0.15, 0.2) is 0 Å². The van der Waals surface area contributed by atoms with Gasteiger partial charge in [0.25, 0.3) is 0 Å². The van der Waals surface area contributed by atoms with Gasteiger partial charge in [0.05, 0.1) is 0 Å². The predicted molar refractivity (Wildman–Crippen MR) is 98.1 cm³/mol. The van der Waals surface area contributed by atoms with E-state index in [9.17, 15) is 5.11 Å². The van der Waals surface area contributed by atoms with Crippen LogP contribution in [0.3, 0.4) is 0 Å². The summed E-state index contributed by atoms with van der Waals surface area (Å²) in [5, 5.41) is 9.27. The fourth-order valence-electron chi connectivity index (χ4n) is 3.45. The first-order valence-electron chi connectivity index (χ1n) is 9.35. The van der Waals surface area contributed by atoms with Gasteiger partial charge in [-0.25, -0.2) is 0 Å². The normalized spacial score (nSPS) is 12.8. The molecule has 0 aromatic rings. The van der Waals surface area contributed by atoms with E-state index in [-0.39, 0.29) is 0 Å². The van der Waals surface area contributed by atoms with Crippen molar-refractivity contribution in [2.24, 2.45) is 0 Å². The fourth-order valence-corrected chi connectivity index (χ4v) is 8.86. The van der Waals surface area contributed by atoms with Gasteiger partial charge in [-0.3, -0.25) is 0 Å². The Bertz CT molecular complexity index is 167. The Kier molecular flexibility index (Phi) is 14.6. The molecule has 0 saturated carbocycles. The van der Waals surface area contributed by atoms with Gasteiger partial charge >= 0.3 is 129 Å². The number of unbranched alkanes of at least 4 members (excludes halogenated alkanes) is 6. The Hall–Kier alpha value is 0.390. The van der Waals surface area contributed by atoms with Crippen molar-refractivity contribution in [3.63, 3.8) is 0 Å². The average Bonchev–Trinajstić information content (AvgIpc) is 2.46. The van der Waals surface area contributed by atoms with Crippen LogP contribution in [0.25, 0.3) is 0 Å². The third-order valence-electron chi connectivity index (χ3n) is 4.80. The van der Waals surface area contributed by atoms with E-state index < -0.39 is 7.26 Å². The molecule has 0 amide bonds. The maximum absolute atomic E-state index is 9.27. The first kappa shape index (κ1) is 20.4. The van der Waals surface area contributed by atoms with E-state index in [1.165, 1.54) is 82.4 Å². The molecule has 0 unspecified atom stereocenters. The Morgan fingerprint density at radius 3 is 1.20 bits per heavy atom. The number of hydrogen-bond acceptors (Lipinski definition) is 1. The van der Waals surface area contributed by atoms with Crippen molar-refractivity contribution < 1.29 is 5.11 Å². The SMILES string of the molecule is CCCCC[PH](CCCO)(CCCCC)CCCCC. The van der Waals surface area contributed by atoms with Crippen molar-refractivity contribution in [3.8, 4) is 0 Å². The van der Waals surface area contributed by atoms with Crippen molar-refractivity contribution in [1.82, 2.24) is 0 Å². The van der Waals surface area contributed by atoms with Crippen LogP contribution in [0, 0.1) is 0 Å². The van der Waals surface area contributed by atoms with Crippen LogP contribution in [0.5, 0.6) is 0 Å². The van der Waals surface area contributed by atoms with Crippen LogP contribution in [0.1, 0.15) is 85.0 Å². The second-order valence-corrected chi connectivity index (χ2v) is 11.7. The summed E-state index contributed by atoms with van der Waals surface area (Å²) in [7, 11) is -1.09. The van der Waals surface area contributed by atoms with Gasteiger partial charge in [-0.15, -0.1) is 0 Å². The Morgan fingerprint density at radius 1 is 0.550 bits per heavy atom. The third-order valence-corrected chi connectivity index (χ3v) is 10.5. The second-order valence-electron chi connectivity index (χ2n) is 6.70. The van der Waals surface area contributed by atoms with Gasteiger partial charge < -0.3 is 0 Å². The molecule has 0 radical (unpaired) electrons. The van der Waals surface area contributed by atoms with Crippen molar-refractivity contribution >= 4 is 7.26 Å². The molecule has 0 rings (SSSR count). The molecule has 0 aliphatic heterocycles. The Morgan fingerprint density at radius 2 is 0.900 bits per heavy atom. The third kappa shape index (κ3) is 10.2. The van der Waals surface area contributed by atoms with E-state index in [0.717, 1.165) is 6.42 Å². The molecule has 0 spiro atoms.